The lowest BCUT2D eigenvalue weighted by molar-refractivity contribution is -0.123. The van der Waals surface area contributed by atoms with Crippen LogP contribution in [0.25, 0.3) is 0 Å². The Labute approximate surface area is 382 Å². The van der Waals surface area contributed by atoms with Crippen LogP contribution in [0.1, 0.15) is 290 Å². The van der Waals surface area contributed by atoms with Crippen molar-refractivity contribution in [3.8, 4) is 0 Å². The van der Waals surface area contributed by atoms with Crippen LogP contribution < -0.4 is 5.32 Å². The molecule has 0 saturated heterocycles. The molecule has 1 amide bonds. The Morgan fingerprint density at radius 2 is 0.689 bits per heavy atom. The highest BCUT2D eigenvalue weighted by molar-refractivity contribution is 5.76. The van der Waals surface area contributed by atoms with Crippen LogP contribution in [-0.4, -0.2) is 34.9 Å². The third-order valence-corrected chi connectivity index (χ3v) is 12.5. The fourth-order valence-corrected chi connectivity index (χ4v) is 8.39. The Kier molecular flexibility index (Phi) is 51.3. The van der Waals surface area contributed by atoms with Crippen LogP contribution in [-0.2, 0) is 4.79 Å². The third-order valence-electron chi connectivity index (χ3n) is 12.5. The zero-order valence-corrected chi connectivity index (χ0v) is 41.2. The molecule has 0 aliphatic rings. The molecule has 0 rings (SSSR count). The van der Waals surface area contributed by atoms with Crippen molar-refractivity contribution in [3.05, 3.63) is 48.6 Å². The summed E-state index contributed by atoms with van der Waals surface area (Å²) in [6, 6.07) is -0.642. The molecule has 0 saturated carbocycles. The number of unbranched alkanes of at least 4 members (excludes halogenated alkanes) is 37. The molecule has 0 fully saturated rings. The number of hydrogen-bond acceptors (Lipinski definition) is 3. The molecule has 358 valence electrons. The van der Waals surface area contributed by atoms with Crippen LogP contribution in [0.4, 0.5) is 0 Å². The lowest BCUT2D eigenvalue weighted by atomic mass is 10.0. The van der Waals surface area contributed by atoms with E-state index in [1.54, 1.807) is 6.08 Å². The highest BCUT2D eigenvalue weighted by atomic mass is 16.3. The third kappa shape index (κ3) is 49.2. The van der Waals surface area contributed by atoms with E-state index in [4.69, 9.17) is 0 Å². The van der Waals surface area contributed by atoms with Gasteiger partial charge in [-0.2, -0.15) is 0 Å². The van der Waals surface area contributed by atoms with Crippen molar-refractivity contribution in [2.45, 2.75) is 302 Å². The smallest absolute Gasteiger partial charge is 0.220 e. The molecular weight excluding hydrogens is 747 g/mol. The molecule has 0 aromatic rings. The molecule has 4 heteroatoms. The van der Waals surface area contributed by atoms with E-state index in [2.05, 4.69) is 55.6 Å². The second-order valence-corrected chi connectivity index (χ2v) is 18.6. The van der Waals surface area contributed by atoms with Gasteiger partial charge in [0.05, 0.1) is 18.8 Å². The molecule has 3 N–H and O–H groups in total. The molecule has 0 aromatic carbocycles. The number of aliphatic hydroxyl groups excluding tert-OH is 2. The Morgan fingerprint density at radius 1 is 0.393 bits per heavy atom. The van der Waals surface area contributed by atoms with Gasteiger partial charge in [0.1, 0.15) is 0 Å². The summed E-state index contributed by atoms with van der Waals surface area (Å²) in [6.07, 6.45) is 73.1. The van der Waals surface area contributed by atoms with E-state index in [1.807, 2.05) is 6.08 Å². The van der Waals surface area contributed by atoms with Crippen molar-refractivity contribution in [2.24, 2.45) is 0 Å². The van der Waals surface area contributed by atoms with Crippen LogP contribution >= 0.6 is 0 Å². The van der Waals surface area contributed by atoms with E-state index in [0.717, 1.165) is 44.9 Å². The largest absolute Gasteiger partial charge is 0.394 e. The number of amides is 1. The summed E-state index contributed by atoms with van der Waals surface area (Å²) in [5.41, 5.74) is 0. The van der Waals surface area contributed by atoms with E-state index in [-0.39, 0.29) is 12.5 Å². The second-order valence-electron chi connectivity index (χ2n) is 18.6. The molecular formula is C57H107NO3. The van der Waals surface area contributed by atoms with Crippen molar-refractivity contribution < 1.29 is 15.0 Å². The average Bonchev–Trinajstić information content (AvgIpc) is 3.26. The molecule has 0 bridgehead atoms. The standard InChI is InChI=1S/C57H107NO3/c1-3-5-7-9-11-13-15-16-17-18-19-20-21-22-23-24-25-26-27-28-29-30-31-32-33-34-35-36-37-38-39-40-41-42-43-45-47-49-51-53-57(61)58-55(54-59)56(60)52-50-48-46-44-14-12-10-8-6-4-2/h6,8,14,18-19,44,50,52,55-56,59-60H,3-5,7,9-13,15-17,20-43,45-49,51,53-54H2,1-2H3,(H,58,61)/b8-6+,19-18-,44-14+,52-50+. The predicted octanol–water partition coefficient (Wildman–Crippen LogP) is 17.9. The molecule has 0 spiro atoms. The van der Waals surface area contributed by atoms with Gasteiger partial charge in [0.25, 0.3) is 0 Å². The van der Waals surface area contributed by atoms with Crippen molar-refractivity contribution >= 4 is 5.91 Å². The highest BCUT2D eigenvalue weighted by Gasteiger charge is 2.18. The van der Waals surface area contributed by atoms with Gasteiger partial charge in [-0.1, -0.05) is 268 Å². The molecule has 4 nitrogen and oxygen atoms in total. The maximum absolute atomic E-state index is 12.4. The van der Waals surface area contributed by atoms with E-state index < -0.39 is 12.1 Å². The van der Waals surface area contributed by atoms with Crippen LogP contribution in [0.5, 0.6) is 0 Å². The van der Waals surface area contributed by atoms with E-state index in [0.29, 0.717) is 6.42 Å². The summed E-state index contributed by atoms with van der Waals surface area (Å²) >= 11 is 0. The monoisotopic (exact) mass is 854 g/mol. The van der Waals surface area contributed by atoms with Crippen LogP contribution in [0, 0.1) is 0 Å². The van der Waals surface area contributed by atoms with Gasteiger partial charge in [0, 0.05) is 6.42 Å². The number of carbonyl (C=O) groups is 1. The molecule has 2 unspecified atom stereocenters. The van der Waals surface area contributed by atoms with Gasteiger partial charge in [-0.15, -0.1) is 0 Å². The van der Waals surface area contributed by atoms with Crippen LogP contribution in [0.2, 0.25) is 0 Å². The Bertz CT molecular complexity index is 970. The van der Waals surface area contributed by atoms with Crippen molar-refractivity contribution in [2.75, 3.05) is 6.61 Å². The SMILES string of the molecule is CC/C=C/CC/C=C/CC/C=C/C(O)C(CO)NC(=O)CCCCCCCCCCCCCCCCCCCCCCCCCCCCC/C=C\CCCCCCCCCC. The first-order valence-corrected chi connectivity index (χ1v) is 27.4. The predicted molar refractivity (Wildman–Crippen MR) is 271 cm³/mol. The summed E-state index contributed by atoms with van der Waals surface area (Å²) in [6.45, 7) is 4.18. The zero-order valence-electron chi connectivity index (χ0n) is 41.2. The minimum Gasteiger partial charge on any atom is -0.394 e. The number of nitrogens with one attached hydrogen (secondary N) is 1. The fraction of sp³-hybridized carbons (Fsp3) is 0.842. The maximum Gasteiger partial charge on any atom is 0.220 e. The van der Waals surface area contributed by atoms with Gasteiger partial charge in [-0.3, -0.25) is 4.79 Å². The number of hydrogen-bond donors (Lipinski definition) is 3. The zero-order chi connectivity index (χ0) is 44.2. The van der Waals surface area contributed by atoms with Crippen molar-refractivity contribution in [1.29, 1.82) is 0 Å². The number of aliphatic hydroxyl groups is 2. The molecule has 61 heavy (non-hydrogen) atoms. The lowest BCUT2D eigenvalue weighted by Crippen LogP contribution is -2.45. The quantitative estimate of drug-likeness (QED) is 0.0422. The van der Waals surface area contributed by atoms with Crippen molar-refractivity contribution in [1.82, 2.24) is 5.32 Å². The topological polar surface area (TPSA) is 69.6 Å². The van der Waals surface area contributed by atoms with Gasteiger partial charge < -0.3 is 15.5 Å². The van der Waals surface area contributed by atoms with Gasteiger partial charge >= 0.3 is 0 Å². The van der Waals surface area contributed by atoms with Gasteiger partial charge in [0.2, 0.25) is 5.91 Å². The maximum atomic E-state index is 12.4. The molecule has 0 aliphatic carbocycles. The van der Waals surface area contributed by atoms with Crippen LogP contribution in [0.15, 0.2) is 48.6 Å². The van der Waals surface area contributed by atoms with E-state index in [9.17, 15) is 15.0 Å². The second kappa shape index (κ2) is 52.7. The lowest BCUT2D eigenvalue weighted by Gasteiger charge is -2.19. The van der Waals surface area contributed by atoms with Gasteiger partial charge in [-0.25, -0.2) is 0 Å². The molecule has 2 atom stereocenters. The number of carbonyl (C=O) groups excluding carboxylic acids is 1. The van der Waals surface area contributed by atoms with Gasteiger partial charge in [-0.05, 0) is 64.2 Å². The van der Waals surface area contributed by atoms with Gasteiger partial charge in [0.15, 0.2) is 0 Å². The summed E-state index contributed by atoms with van der Waals surface area (Å²) in [5, 5.41) is 22.9. The number of rotatable bonds is 50. The summed E-state index contributed by atoms with van der Waals surface area (Å²) in [4.78, 5) is 12.4. The Balaban J connectivity index is 3.35. The fourth-order valence-electron chi connectivity index (χ4n) is 8.39. The minimum absolute atomic E-state index is 0.0768. The molecule has 0 heterocycles. The van der Waals surface area contributed by atoms with Crippen LogP contribution in [0.3, 0.4) is 0 Å². The molecule has 0 aromatic heterocycles. The van der Waals surface area contributed by atoms with E-state index >= 15 is 0 Å². The highest BCUT2D eigenvalue weighted by Crippen LogP contribution is 2.17. The van der Waals surface area contributed by atoms with Crippen molar-refractivity contribution in [3.63, 3.8) is 0 Å². The molecule has 0 radical (unpaired) electrons. The first-order valence-electron chi connectivity index (χ1n) is 27.4. The Morgan fingerprint density at radius 3 is 1.03 bits per heavy atom. The van der Waals surface area contributed by atoms with E-state index in [1.165, 1.54) is 225 Å². The first-order chi connectivity index (χ1) is 30.2. The average molecular weight is 854 g/mol. The normalized spacial score (nSPS) is 13.2. The minimum atomic E-state index is -0.867. The first kappa shape index (κ1) is 59.4. The summed E-state index contributed by atoms with van der Waals surface area (Å²) in [5.74, 6) is -0.0768. The number of allylic oxidation sites excluding steroid dienone is 7. The Hall–Kier alpha value is -1.65. The summed E-state index contributed by atoms with van der Waals surface area (Å²) in [7, 11) is 0. The molecule has 0 aliphatic heterocycles. The summed E-state index contributed by atoms with van der Waals surface area (Å²) < 4.78 is 0.